The van der Waals surface area contributed by atoms with E-state index in [1.54, 1.807) is 30.3 Å². The van der Waals surface area contributed by atoms with E-state index in [4.69, 9.17) is 29.1 Å². The molecule has 0 bridgehead atoms. The third-order valence-corrected chi connectivity index (χ3v) is 4.08. The molecule has 3 aromatic rings. The number of nitrogens with two attached hydrogens (primary N) is 1. The number of methoxy groups -OCH3 is 4. The van der Waals surface area contributed by atoms with E-state index in [9.17, 15) is 4.79 Å². The number of nitrogen functional groups attached to an aromatic ring is 1. The molecule has 1 aromatic heterocycles. The summed E-state index contributed by atoms with van der Waals surface area (Å²) >= 11 is 0. The van der Waals surface area contributed by atoms with Crippen LogP contribution in [-0.4, -0.2) is 34.2 Å². The van der Waals surface area contributed by atoms with Crippen LogP contribution in [0.25, 0.3) is 11.0 Å². The van der Waals surface area contributed by atoms with Crippen LogP contribution in [0.1, 0.15) is 15.9 Å². The minimum absolute atomic E-state index is 0.0169. The first-order valence-electron chi connectivity index (χ1n) is 7.75. The van der Waals surface area contributed by atoms with Crippen LogP contribution < -0.4 is 24.7 Å². The Morgan fingerprint density at radius 2 is 1.54 bits per heavy atom. The number of furan rings is 1. The Morgan fingerprint density at radius 3 is 2.08 bits per heavy atom. The zero-order valence-electron chi connectivity index (χ0n) is 14.9. The number of fused-ring (bicyclic) bond motifs is 1. The summed E-state index contributed by atoms with van der Waals surface area (Å²) in [5.74, 6) is 1.34. The fraction of sp³-hybridized carbons (Fsp3) is 0.211. The number of hydrogen-bond acceptors (Lipinski definition) is 7. The van der Waals surface area contributed by atoms with Crippen molar-refractivity contribution in [2.75, 3.05) is 34.2 Å². The summed E-state index contributed by atoms with van der Waals surface area (Å²) in [4.78, 5) is 13.1. The van der Waals surface area contributed by atoms with Gasteiger partial charge in [0, 0.05) is 10.9 Å². The first-order valence-corrected chi connectivity index (χ1v) is 7.75. The summed E-state index contributed by atoms with van der Waals surface area (Å²) in [6.07, 6.45) is 0. The van der Waals surface area contributed by atoms with Gasteiger partial charge in [0.05, 0.1) is 34.0 Å². The third kappa shape index (κ3) is 2.67. The van der Waals surface area contributed by atoms with Crippen LogP contribution in [0.5, 0.6) is 23.0 Å². The molecule has 7 heteroatoms. The highest BCUT2D eigenvalue weighted by molar-refractivity contribution is 6.19. The molecule has 2 N–H and O–H groups in total. The second-order valence-corrected chi connectivity index (χ2v) is 5.42. The lowest BCUT2D eigenvalue weighted by atomic mass is 10.0. The molecule has 7 nitrogen and oxygen atoms in total. The van der Waals surface area contributed by atoms with Crippen LogP contribution in [0.4, 0.5) is 5.88 Å². The van der Waals surface area contributed by atoms with Gasteiger partial charge in [0.15, 0.2) is 28.6 Å². The van der Waals surface area contributed by atoms with E-state index in [1.807, 2.05) is 0 Å². The SMILES string of the molecule is COc1cc(C(=O)c2c(N)oc3c(OC)cccc23)cc(OC)c1OC. The van der Waals surface area contributed by atoms with Crippen molar-refractivity contribution in [3.63, 3.8) is 0 Å². The molecule has 0 atom stereocenters. The normalized spacial score (nSPS) is 10.6. The summed E-state index contributed by atoms with van der Waals surface area (Å²) in [6.45, 7) is 0. The van der Waals surface area contributed by atoms with Crippen molar-refractivity contribution in [2.45, 2.75) is 0 Å². The molecular weight excluding hydrogens is 338 g/mol. The van der Waals surface area contributed by atoms with Crippen LogP contribution in [0, 0.1) is 0 Å². The Morgan fingerprint density at radius 1 is 0.923 bits per heavy atom. The fourth-order valence-electron chi connectivity index (χ4n) is 2.86. The second kappa shape index (κ2) is 6.87. The molecule has 0 saturated heterocycles. The van der Waals surface area contributed by atoms with Gasteiger partial charge in [-0.3, -0.25) is 4.79 Å². The van der Waals surface area contributed by atoms with Crippen LogP contribution in [-0.2, 0) is 0 Å². The number of para-hydroxylation sites is 1. The highest BCUT2D eigenvalue weighted by Crippen LogP contribution is 2.40. The van der Waals surface area contributed by atoms with E-state index < -0.39 is 0 Å². The van der Waals surface area contributed by atoms with Gasteiger partial charge in [-0.2, -0.15) is 0 Å². The number of ether oxygens (including phenoxy) is 4. The Balaban J connectivity index is 2.19. The molecular formula is C19H19NO6. The highest BCUT2D eigenvalue weighted by Gasteiger charge is 2.25. The van der Waals surface area contributed by atoms with Crippen molar-refractivity contribution < 1.29 is 28.2 Å². The maximum Gasteiger partial charge on any atom is 0.203 e. The zero-order valence-corrected chi connectivity index (χ0v) is 14.9. The smallest absolute Gasteiger partial charge is 0.203 e. The number of rotatable bonds is 6. The van der Waals surface area contributed by atoms with Crippen LogP contribution in [0.15, 0.2) is 34.7 Å². The van der Waals surface area contributed by atoms with Crippen molar-refractivity contribution in [3.8, 4) is 23.0 Å². The molecule has 3 rings (SSSR count). The van der Waals surface area contributed by atoms with E-state index in [0.717, 1.165) is 0 Å². The average Bonchev–Trinajstić information content (AvgIpc) is 3.01. The highest BCUT2D eigenvalue weighted by atomic mass is 16.5. The molecule has 0 aliphatic rings. The van der Waals surface area contributed by atoms with Crippen molar-refractivity contribution in [2.24, 2.45) is 0 Å². The molecule has 136 valence electrons. The quantitative estimate of drug-likeness (QED) is 0.677. The number of ketones is 1. The van der Waals surface area contributed by atoms with Crippen LogP contribution in [0.3, 0.4) is 0 Å². The van der Waals surface area contributed by atoms with Crippen molar-refractivity contribution in [1.29, 1.82) is 0 Å². The first-order chi connectivity index (χ1) is 12.5. The van der Waals surface area contributed by atoms with Gasteiger partial charge < -0.3 is 29.1 Å². The molecule has 0 aliphatic heterocycles. The van der Waals surface area contributed by atoms with Gasteiger partial charge in [-0.05, 0) is 18.2 Å². The molecule has 1 heterocycles. The molecule has 0 aliphatic carbocycles. The van der Waals surface area contributed by atoms with Gasteiger partial charge in [-0.1, -0.05) is 12.1 Å². The van der Waals surface area contributed by atoms with Gasteiger partial charge in [-0.25, -0.2) is 0 Å². The lowest BCUT2D eigenvalue weighted by Crippen LogP contribution is -2.05. The van der Waals surface area contributed by atoms with Crippen LogP contribution >= 0.6 is 0 Å². The summed E-state index contributed by atoms with van der Waals surface area (Å²) in [5.41, 5.74) is 6.99. The molecule has 0 saturated carbocycles. The summed E-state index contributed by atoms with van der Waals surface area (Å²) < 4.78 is 26.7. The third-order valence-electron chi connectivity index (χ3n) is 4.08. The van der Waals surface area contributed by atoms with E-state index in [0.29, 0.717) is 39.5 Å². The average molecular weight is 357 g/mol. The Kier molecular flexibility index (Phi) is 4.62. The molecule has 0 unspecified atom stereocenters. The number of hydrogen-bond donors (Lipinski definition) is 1. The summed E-state index contributed by atoms with van der Waals surface area (Å²) in [7, 11) is 5.99. The Hall–Kier alpha value is -3.35. The number of anilines is 1. The zero-order chi connectivity index (χ0) is 18.8. The van der Waals surface area contributed by atoms with Gasteiger partial charge in [0.1, 0.15) is 0 Å². The maximum absolute atomic E-state index is 13.1. The molecule has 0 spiro atoms. The fourth-order valence-corrected chi connectivity index (χ4v) is 2.86. The minimum atomic E-state index is -0.325. The van der Waals surface area contributed by atoms with Crippen molar-refractivity contribution in [1.82, 2.24) is 0 Å². The molecule has 0 fully saturated rings. The predicted molar refractivity (Wildman–Crippen MR) is 96.7 cm³/mol. The van der Waals surface area contributed by atoms with E-state index in [-0.39, 0.29) is 17.2 Å². The lowest BCUT2D eigenvalue weighted by Gasteiger charge is -2.13. The Bertz CT molecular complexity index is 951. The van der Waals surface area contributed by atoms with Gasteiger partial charge in [0.25, 0.3) is 0 Å². The molecule has 0 amide bonds. The van der Waals surface area contributed by atoms with Gasteiger partial charge in [-0.15, -0.1) is 0 Å². The largest absolute Gasteiger partial charge is 0.493 e. The lowest BCUT2D eigenvalue weighted by molar-refractivity contribution is 0.103. The van der Waals surface area contributed by atoms with Crippen molar-refractivity contribution in [3.05, 3.63) is 41.5 Å². The molecule has 0 radical (unpaired) electrons. The van der Waals surface area contributed by atoms with Gasteiger partial charge >= 0.3 is 0 Å². The summed E-state index contributed by atoms with van der Waals surface area (Å²) in [6, 6.07) is 8.40. The maximum atomic E-state index is 13.1. The summed E-state index contributed by atoms with van der Waals surface area (Å²) in [5, 5.41) is 0.570. The Labute approximate surface area is 150 Å². The standard InChI is InChI=1S/C19H19NO6/c1-22-12-7-5-6-11-15(19(20)26-17(11)12)16(21)10-8-13(23-2)18(25-4)14(9-10)24-3/h5-9H,20H2,1-4H3. The first kappa shape index (κ1) is 17.5. The number of carbonyl (C=O) groups excluding carboxylic acids is 1. The molecule has 2 aromatic carbocycles. The monoisotopic (exact) mass is 357 g/mol. The van der Waals surface area contributed by atoms with Gasteiger partial charge in [0.2, 0.25) is 11.6 Å². The number of benzene rings is 2. The van der Waals surface area contributed by atoms with Crippen molar-refractivity contribution >= 4 is 22.6 Å². The molecule has 26 heavy (non-hydrogen) atoms. The topological polar surface area (TPSA) is 93.2 Å². The second-order valence-electron chi connectivity index (χ2n) is 5.42. The number of carbonyl (C=O) groups is 1. The van der Waals surface area contributed by atoms with E-state index in [2.05, 4.69) is 0 Å². The minimum Gasteiger partial charge on any atom is -0.493 e. The predicted octanol–water partition coefficient (Wildman–Crippen LogP) is 3.28. The van der Waals surface area contributed by atoms with E-state index >= 15 is 0 Å². The van der Waals surface area contributed by atoms with Crippen LogP contribution in [0.2, 0.25) is 0 Å². The van der Waals surface area contributed by atoms with E-state index in [1.165, 1.54) is 28.4 Å².